The molecule has 1 aromatic rings. The van der Waals surface area contributed by atoms with Gasteiger partial charge in [-0.15, -0.1) is 0 Å². The van der Waals surface area contributed by atoms with E-state index in [-0.39, 0.29) is 22.7 Å². The molecule has 1 saturated heterocycles. The third-order valence-corrected chi connectivity index (χ3v) is 7.74. The summed E-state index contributed by atoms with van der Waals surface area (Å²) in [6.45, 7) is 2.68. The molecule has 2 atom stereocenters. The Labute approximate surface area is 161 Å². The Kier molecular flexibility index (Phi) is 4.30. The third kappa shape index (κ3) is 3.30. The Morgan fingerprint density at radius 3 is 2.37 bits per heavy atom. The lowest BCUT2D eigenvalue weighted by Gasteiger charge is -2.62. The van der Waals surface area contributed by atoms with Gasteiger partial charge in [0, 0.05) is 5.54 Å². The lowest BCUT2D eigenvalue weighted by molar-refractivity contribution is -0.129. The van der Waals surface area contributed by atoms with Gasteiger partial charge in [0.25, 0.3) is 0 Å². The van der Waals surface area contributed by atoms with Crippen molar-refractivity contribution >= 4 is 5.91 Å². The molecule has 0 spiro atoms. The van der Waals surface area contributed by atoms with E-state index in [2.05, 4.69) is 10.2 Å². The van der Waals surface area contributed by atoms with E-state index in [9.17, 15) is 9.18 Å². The highest BCUT2D eigenvalue weighted by atomic mass is 19.1. The first-order valence-corrected chi connectivity index (χ1v) is 10.8. The number of halogens is 1. The summed E-state index contributed by atoms with van der Waals surface area (Å²) < 4.78 is 13.5. The largest absolute Gasteiger partial charge is 0.350 e. The molecule has 1 aliphatic heterocycles. The number of nitrogens with one attached hydrogen (secondary N) is 1. The summed E-state index contributed by atoms with van der Waals surface area (Å²) in [6.07, 6.45) is 10.8. The standard InChI is InChI=1S/C23H31FN2O/c24-20-6-4-19(5-7-20)22-11-17-10-18(12-22)14-23(13-17,16-22)25-21(27)15-26-8-2-1-3-9-26/h4-7,17-18H,1-3,8-16H2,(H,25,27). The van der Waals surface area contributed by atoms with Crippen LogP contribution in [0.15, 0.2) is 24.3 Å². The molecule has 0 radical (unpaired) electrons. The van der Waals surface area contributed by atoms with Crippen LogP contribution in [0.5, 0.6) is 0 Å². The number of carbonyl (C=O) groups excluding carboxylic acids is 1. The Bertz CT molecular complexity index is 696. The van der Waals surface area contributed by atoms with Crippen molar-refractivity contribution < 1.29 is 9.18 Å². The summed E-state index contributed by atoms with van der Waals surface area (Å²) in [5.41, 5.74) is 1.38. The highest BCUT2D eigenvalue weighted by molar-refractivity contribution is 5.79. The van der Waals surface area contributed by atoms with Gasteiger partial charge in [-0.1, -0.05) is 18.6 Å². The average Bonchev–Trinajstić information content (AvgIpc) is 2.61. The molecule has 1 amide bonds. The lowest BCUT2D eigenvalue weighted by Crippen LogP contribution is -2.65. The van der Waals surface area contributed by atoms with Gasteiger partial charge in [0.05, 0.1) is 6.54 Å². The fraction of sp³-hybridized carbons (Fsp3) is 0.696. The van der Waals surface area contributed by atoms with Crippen LogP contribution >= 0.6 is 0 Å². The molecule has 4 saturated carbocycles. The van der Waals surface area contributed by atoms with E-state index < -0.39 is 0 Å². The summed E-state index contributed by atoms with van der Waals surface area (Å²) in [5.74, 6) is 1.46. The maximum atomic E-state index is 13.5. The van der Waals surface area contributed by atoms with Gasteiger partial charge in [0.1, 0.15) is 5.82 Å². The third-order valence-electron chi connectivity index (χ3n) is 7.74. The van der Waals surface area contributed by atoms with Crippen LogP contribution in [0.25, 0.3) is 0 Å². The quantitative estimate of drug-likeness (QED) is 0.868. The molecule has 1 N–H and O–H groups in total. The van der Waals surface area contributed by atoms with Crippen LogP contribution in [0.1, 0.15) is 63.4 Å². The van der Waals surface area contributed by atoms with Crippen LogP contribution < -0.4 is 5.32 Å². The molecule has 146 valence electrons. The van der Waals surface area contributed by atoms with Crippen LogP contribution in [0.2, 0.25) is 0 Å². The molecule has 4 bridgehead atoms. The number of rotatable bonds is 4. The van der Waals surface area contributed by atoms with E-state index in [4.69, 9.17) is 0 Å². The van der Waals surface area contributed by atoms with Gasteiger partial charge in [-0.25, -0.2) is 4.39 Å². The maximum absolute atomic E-state index is 13.5. The maximum Gasteiger partial charge on any atom is 0.234 e. The van der Waals surface area contributed by atoms with Gasteiger partial charge in [-0.2, -0.15) is 0 Å². The van der Waals surface area contributed by atoms with Crippen molar-refractivity contribution in [2.24, 2.45) is 11.8 Å². The predicted octanol–water partition coefficient (Wildman–Crippen LogP) is 4.02. The molecule has 4 aliphatic carbocycles. The summed E-state index contributed by atoms with van der Waals surface area (Å²) in [7, 11) is 0. The smallest absolute Gasteiger partial charge is 0.234 e. The van der Waals surface area contributed by atoms with Crippen molar-refractivity contribution in [1.29, 1.82) is 0 Å². The second kappa shape index (κ2) is 6.58. The highest BCUT2D eigenvalue weighted by Crippen LogP contribution is 2.62. The second-order valence-corrected chi connectivity index (χ2v) is 9.91. The van der Waals surface area contributed by atoms with Gasteiger partial charge in [0.15, 0.2) is 0 Å². The molecule has 6 rings (SSSR count). The van der Waals surface area contributed by atoms with Crippen molar-refractivity contribution in [3.63, 3.8) is 0 Å². The number of likely N-dealkylation sites (tertiary alicyclic amines) is 1. The zero-order chi connectivity index (χ0) is 18.5. The summed E-state index contributed by atoms with van der Waals surface area (Å²) >= 11 is 0. The molecule has 1 aromatic carbocycles. The number of carbonyl (C=O) groups is 1. The topological polar surface area (TPSA) is 32.3 Å². The molecular weight excluding hydrogens is 339 g/mol. The van der Waals surface area contributed by atoms with Crippen LogP contribution in [0.3, 0.4) is 0 Å². The molecule has 4 heteroatoms. The van der Waals surface area contributed by atoms with Crippen molar-refractivity contribution in [1.82, 2.24) is 10.2 Å². The predicted molar refractivity (Wildman–Crippen MR) is 104 cm³/mol. The number of hydrogen-bond donors (Lipinski definition) is 1. The first kappa shape index (κ1) is 17.7. The molecule has 3 nitrogen and oxygen atoms in total. The van der Waals surface area contributed by atoms with Gasteiger partial charge in [-0.05, 0) is 99.4 Å². The normalized spacial score (nSPS) is 38.1. The van der Waals surface area contributed by atoms with E-state index in [1.165, 1.54) is 44.1 Å². The summed E-state index contributed by atoms with van der Waals surface area (Å²) in [6, 6.07) is 7.20. The molecule has 2 unspecified atom stereocenters. The van der Waals surface area contributed by atoms with Gasteiger partial charge in [-0.3, -0.25) is 9.69 Å². The second-order valence-electron chi connectivity index (χ2n) is 9.91. The first-order valence-electron chi connectivity index (χ1n) is 10.8. The number of nitrogens with zero attached hydrogens (tertiary/aromatic N) is 1. The fourth-order valence-electron chi connectivity index (χ4n) is 7.21. The SMILES string of the molecule is O=C(CN1CCCCC1)NC12CC3CC(C1)CC(c1ccc(F)cc1)(C3)C2. The average molecular weight is 371 g/mol. The number of amides is 1. The van der Waals surface area contributed by atoms with E-state index >= 15 is 0 Å². The van der Waals surface area contributed by atoms with Gasteiger partial charge in [0.2, 0.25) is 5.91 Å². The molecule has 27 heavy (non-hydrogen) atoms. The van der Waals surface area contributed by atoms with Crippen molar-refractivity contribution in [2.75, 3.05) is 19.6 Å². The minimum absolute atomic E-state index is 0.0364. The Morgan fingerprint density at radius 1 is 1.04 bits per heavy atom. The van der Waals surface area contributed by atoms with Crippen LogP contribution in [-0.2, 0) is 10.2 Å². The molecule has 0 aromatic heterocycles. The zero-order valence-corrected chi connectivity index (χ0v) is 16.2. The number of benzene rings is 1. The lowest BCUT2D eigenvalue weighted by atomic mass is 9.45. The van der Waals surface area contributed by atoms with Crippen LogP contribution in [-0.4, -0.2) is 36.0 Å². The monoisotopic (exact) mass is 370 g/mol. The molecule has 5 aliphatic rings. The Hall–Kier alpha value is -1.42. The van der Waals surface area contributed by atoms with Crippen LogP contribution in [0.4, 0.5) is 4.39 Å². The van der Waals surface area contributed by atoms with Crippen molar-refractivity contribution in [3.05, 3.63) is 35.6 Å². The zero-order valence-electron chi connectivity index (χ0n) is 16.2. The molecular formula is C23H31FN2O. The first-order chi connectivity index (χ1) is 13.0. The van der Waals surface area contributed by atoms with E-state index in [1.807, 2.05) is 12.1 Å². The molecule has 1 heterocycles. The number of hydrogen-bond acceptors (Lipinski definition) is 2. The number of piperidine rings is 1. The summed E-state index contributed by atoms with van der Waals surface area (Å²) in [4.78, 5) is 15.2. The minimum atomic E-state index is -0.159. The Balaban J connectivity index is 1.35. The van der Waals surface area contributed by atoms with Crippen LogP contribution in [0, 0.1) is 17.7 Å². The van der Waals surface area contributed by atoms with E-state index in [0.29, 0.717) is 18.4 Å². The van der Waals surface area contributed by atoms with E-state index in [0.717, 1.165) is 32.4 Å². The minimum Gasteiger partial charge on any atom is -0.350 e. The highest BCUT2D eigenvalue weighted by Gasteiger charge is 2.58. The van der Waals surface area contributed by atoms with Crippen molar-refractivity contribution in [3.8, 4) is 0 Å². The van der Waals surface area contributed by atoms with Gasteiger partial charge >= 0.3 is 0 Å². The Morgan fingerprint density at radius 2 is 1.70 bits per heavy atom. The van der Waals surface area contributed by atoms with Crippen molar-refractivity contribution in [2.45, 2.75) is 68.7 Å². The fourth-order valence-corrected chi connectivity index (χ4v) is 7.21. The summed E-state index contributed by atoms with van der Waals surface area (Å²) in [5, 5.41) is 3.52. The van der Waals surface area contributed by atoms with E-state index in [1.54, 1.807) is 12.1 Å². The van der Waals surface area contributed by atoms with Gasteiger partial charge < -0.3 is 5.32 Å². The molecule has 5 fully saturated rings.